The van der Waals surface area contributed by atoms with E-state index in [4.69, 9.17) is 0 Å². The maximum absolute atomic E-state index is 14.1. The Bertz CT molecular complexity index is 1020. The van der Waals surface area contributed by atoms with E-state index in [1.807, 2.05) is 0 Å². The first-order chi connectivity index (χ1) is 10.4. The van der Waals surface area contributed by atoms with Gasteiger partial charge in [0.2, 0.25) is 0 Å². The van der Waals surface area contributed by atoms with Gasteiger partial charge in [0, 0.05) is 17.1 Å². The van der Waals surface area contributed by atoms with E-state index in [1.54, 1.807) is 0 Å². The third-order valence-electron chi connectivity index (χ3n) is 3.14. The van der Waals surface area contributed by atoms with Gasteiger partial charge in [0.25, 0.3) is 5.56 Å². The second-order valence-corrected chi connectivity index (χ2v) is 7.91. The van der Waals surface area contributed by atoms with Gasteiger partial charge in [-0.2, -0.15) is 4.39 Å². The molecule has 4 nitrogen and oxygen atoms in total. The highest BCUT2D eigenvalue weighted by Crippen LogP contribution is 2.26. The minimum absolute atomic E-state index is 0.127. The minimum atomic E-state index is -3.87. The van der Waals surface area contributed by atoms with E-state index >= 15 is 0 Å². The Balaban J connectivity index is 2.09. The molecule has 1 N–H and O–H groups in total. The fourth-order valence-corrected chi connectivity index (χ4v) is 4.54. The number of H-pyrrole nitrogens is 1. The monoisotopic (exact) mass is 341 g/mol. The summed E-state index contributed by atoms with van der Waals surface area (Å²) < 4.78 is 51.2. The van der Waals surface area contributed by atoms with Gasteiger partial charge in [-0.1, -0.05) is 11.3 Å². The summed E-state index contributed by atoms with van der Waals surface area (Å²) in [4.78, 5) is 14.1. The molecule has 1 aromatic carbocycles. The standard InChI is InChI=1S/C14H9F2NO3S2/c15-11-6-8-3-4-17-14(18)10(8)5-9(11)7-22(19,20)13-2-1-12(16)21-13/h1-6H,7H2,(H,17,18). The Kier molecular flexibility index (Phi) is 3.57. The predicted molar refractivity (Wildman–Crippen MR) is 79.7 cm³/mol. The Labute approximate surface area is 128 Å². The molecule has 0 unspecified atom stereocenters. The van der Waals surface area contributed by atoms with E-state index in [1.165, 1.54) is 18.3 Å². The van der Waals surface area contributed by atoms with Crippen LogP contribution in [0.2, 0.25) is 0 Å². The molecular weight excluding hydrogens is 332 g/mol. The molecule has 8 heteroatoms. The number of benzene rings is 1. The fraction of sp³-hybridized carbons (Fsp3) is 0.0714. The van der Waals surface area contributed by atoms with Gasteiger partial charge in [-0.15, -0.1) is 0 Å². The van der Waals surface area contributed by atoms with Crippen molar-refractivity contribution in [3.8, 4) is 0 Å². The molecule has 0 spiro atoms. The molecular formula is C14H9F2NO3S2. The summed E-state index contributed by atoms with van der Waals surface area (Å²) in [6, 6.07) is 6.03. The number of hydrogen-bond donors (Lipinski definition) is 1. The van der Waals surface area contributed by atoms with Crippen molar-refractivity contribution < 1.29 is 17.2 Å². The topological polar surface area (TPSA) is 67.0 Å². The number of fused-ring (bicyclic) bond motifs is 1. The number of thiophene rings is 1. The molecule has 0 saturated heterocycles. The minimum Gasteiger partial charge on any atom is -0.329 e. The fourth-order valence-electron chi connectivity index (χ4n) is 2.10. The highest BCUT2D eigenvalue weighted by molar-refractivity contribution is 7.92. The molecule has 0 aliphatic rings. The number of aromatic nitrogens is 1. The molecule has 2 heterocycles. The summed E-state index contributed by atoms with van der Waals surface area (Å²) in [6.07, 6.45) is 1.38. The van der Waals surface area contributed by atoms with Crippen LogP contribution >= 0.6 is 11.3 Å². The normalized spacial score (nSPS) is 11.9. The van der Waals surface area contributed by atoms with Gasteiger partial charge in [-0.05, 0) is 35.7 Å². The quantitative estimate of drug-likeness (QED) is 0.796. The van der Waals surface area contributed by atoms with Crippen LogP contribution in [0.3, 0.4) is 0 Å². The van der Waals surface area contributed by atoms with Gasteiger partial charge in [-0.25, -0.2) is 12.8 Å². The molecule has 114 valence electrons. The average molecular weight is 341 g/mol. The highest BCUT2D eigenvalue weighted by Gasteiger charge is 2.20. The van der Waals surface area contributed by atoms with Crippen molar-refractivity contribution in [1.82, 2.24) is 4.98 Å². The molecule has 3 aromatic rings. The molecule has 2 aromatic heterocycles. The van der Waals surface area contributed by atoms with Crippen LogP contribution in [0, 0.1) is 10.9 Å². The maximum Gasteiger partial charge on any atom is 0.255 e. The number of pyridine rings is 1. The Morgan fingerprint density at radius 2 is 1.91 bits per heavy atom. The highest BCUT2D eigenvalue weighted by atomic mass is 32.2. The summed E-state index contributed by atoms with van der Waals surface area (Å²) in [5, 5.41) is -0.0509. The summed E-state index contributed by atoms with van der Waals surface area (Å²) in [5.74, 6) is -1.36. The molecule has 0 bridgehead atoms. The first-order valence-corrected chi connectivity index (χ1v) is 8.61. The van der Waals surface area contributed by atoms with Crippen molar-refractivity contribution in [2.45, 2.75) is 9.96 Å². The zero-order valence-corrected chi connectivity index (χ0v) is 12.6. The maximum atomic E-state index is 14.1. The smallest absolute Gasteiger partial charge is 0.255 e. The first kappa shape index (κ1) is 14.9. The lowest BCUT2D eigenvalue weighted by Crippen LogP contribution is -2.08. The lowest BCUT2D eigenvalue weighted by Gasteiger charge is -2.06. The van der Waals surface area contributed by atoms with Gasteiger partial charge in [0.1, 0.15) is 10.0 Å². The molecule has 0 saturated carbocycles. The van der Waals surface area contributed by atoms with Gasteiger partial charge in [0.05, 0.1) is 5.75 Å². The van der Waals surface area contributed by atoms with Crippen LogP contribution in [0.5, 0.6) is 0 Å². The van der Waals surface area contributed by atoms with E-state index in [2.05, 4.69) is 4.98 Å². The number of aromatic amines is 1. The van der Waals surface area contributed by atoms with Crippen LogP contribution in [-0.2, 0) is 15.6 Å². The van der Waals surface area contributed by atoms with Crippen LogP contribution < -0.4 is 5.56 Å². The molecule has 0 fully saturated rings. The van der Waals surface area contributed by atoms with Crippen LogP contribution in [-0.4, -0.2) is 13.4 Å². The largest absolute Gasteiger partial charge is 0.329 e. The van der Waals surface area contributed by atoms with Crippen molar-refractivity contribution in [2.24, 2.45) is 0 Å². The molecule has 0 amide bonds. The third-order valence-corrected chi connectivity index (χ3v) is 6.26. The molecule has 22 heavy (non-hydrogen) atoms. The predicted octanol–water partition coefficient (Wildman–Crippen LogP) is 2.84. The summed E-state index contributed by atoms with van der Waals surface area (Å²) in [6.45, 7) is 0. The summed E-state index contributed by atoms with van der Waals surface area (Å²) in [5.41, 5.74) is -0.559. The second kappa shape index (κ2) is 5.29. The Morgan fingerprint density at radius 1 is 1.14 bits per heavy atom. The van der Waals surface area contributed by atoms with Crippen molar-refractivity contribution >= 4 is 31.9 Å². The van der Waals surface area contributed by atoms with Crippen molar-refractivity contribution in [1.29, 1.82) is 0 Å². The van der Waals surface area contributed by atoms with Gasteiger partial charge in [-0.3, -0.25) is 4.79 Å². The van der Waals surface area contributed by atoms with E-state index in [9.17, 15) is 22.0 Å². The van der Waals surface area contributed by atoms with E-state index in [0.29, 0.717) is 16.7 Å². The van der Waals surface area contributed by atoms with Crippen molar-refractivity contribution in [2.75, 3.05) is 0 Å². The summed E-state index contributed by atoms with van der Waals surface area (Å²) in [7, 11) is -3.87. The number of sulfone groups is 1. The molecule has 0 radical (unpaired) electrons. The number of nitrogens with one attached hydrogen (secondary N) is 1. The van der Waals surface area contributed by atoms with E-state index < -0.39 is 32.1 Å². The second-order valence-electron chi connectivity index (χ2n) is 4.66. The third kappa shape index (κ3) is 2.67. The Morgan fingerprint density at radius 3 is 2.59 bits per heavy atom. The van der Waals surface area contributed by atoms with Crippen LogP contribution in [0.1, 0.15) is 5.56 Å². The van der Waals surface area contributed by atoms with Crippen LogP contribution in [0.15, 0.2) is 45.5 Å². The molecule has 0 atom stereocenters. The number of rotatable bonds is 3. The summed E-state index contributed by atoms with van der Waals surface area (Å²) >= 11 is 0.482. The van der Waals surface area contributed by atoms with Crippen LogP contribution in [0.25, 0.3) is 10.8 Å². The van der Waals surface area contributed by atoms with Gasteiger partial charge >= 0.3 is 0 Å². The SMILES string of the molecule is O=c1[nH]ccc2cc(F)c(CS(=O)(=O)c3ccc(F)s3)cc12. The van der Waals surface area contributed by atoms with Crippen LogP contribution in [0.4, 0.5) is 8.78 Å². The van der Waals surface area contributed by atoms with Gasteiger partial charge < -0.3 is 4.98 Å². The van der Waals surface area contributed by atoms with E-state index in [0.717, 1.165) is 18.2 Å². The zero-order valence-electron chi connectivity index (χ0n) is 11.0. The molecule has 3 rings (SSSR count). The lowest BCUT2D eigenvalue weighted by molar-refractivity contribution is 0.589. The molecule has 0 aliphatic carbocycles. The number of hydrogen-bond acceptors (Lipinski definition) is 4. The first-order valence-electron chi connectivity index (χ1n) is 6.15. The number of halogens is 2. The lowest BCUT2D eigenvalue weighted by atomic mass is 10.1. The van der Waals surface area contributed by atoms with E-state index in [-0.39, 0.29) is 15.2 Å². The Hall–Kier alpha value is -2.06. The van der Waals surface area contributed by atoms with Gasteiger partial charge in [0.15, 0.2) is 15.0 Å². The molecule has 0 aliphatic heterocycles. The average Bonchev–Trinajstić information content (AvgIpc) is 2.88. The zero-order chi connectivity index (χ0) is 15.9. The van der Waals surface area contributed by atoms with Crippen molar-refractivity contribution in [3.63, 3.8) is 0 Å². The van der Waals surface area contributed by atoms with Crippen molar-refractivity contribution in [3.05, 3.63) is 63.4 Å².